The fraction of sp³-hybridized carbons (Fsp3) is 0.529. The van der Waals surface area contributed by atoms with E-state index < -0.39 is 0 Å². The van der Waals surface area contributed by atoms with Crippen LogP contribution >= 0.6 is 0 Å². The van der Waals surface area contributed by atoms with Crippen molar-refractivity contribution >= 4 is 17.5 Å². The van der Waals surface area contributed by atoms with Gasteiger partial charge in [0.05, 0.1) is 12.7 Å². The monoisotopic (exact) mass is 318 g/mol. The number of morpholine rings is 1. The minimum Gasteiger partial charge on any atom is -0.484 e. The lowest BCUT2D eigenvalue weighted by Crippen LogP contribution is -2.47. The van der Waals surface area contributed by atoms with Gasteiger partial charge in [-0.1, -0.05) is 6.92 Å². The summed E-state index contributed by atoms with van der Waals surface area (Å²) in [6.45, 7) is 3.93. The molecule has 23 heavy (non-hydrogen) atoms. The van der Waals surface area contributed by atoms with E-state index in [2.05, 4.69) is 12.2 Å². The summed E-state index contributed by atoms with van der Waals surface area (Å²) in [5.41, 5.74) is 1.88. The number of hydrogen-bond donors (Lipinski definition) is 1. The summed E-state index contributed by atoms with van der Waals surface area (Å²) in [5.74, 6) is 0.686. The highest BCUT2D eigenvalue weighted by Crippen LogP contribution is 2.26. The number of carbonyl (C=O) groups is 2. The first-order chi connectivity index (χ1) is 11.2. The van der Waals surface area contributed by atoms with E-state index in [0.29, 0.717) is 38.3 Å². The second-order valence-corrected chi connectivity index (χ2v) is 5.90. The van der Waals surface area contributed by atoms with Crippen molar-refractivity contribution in [1.82, 2.24) is 4.90 Å². The van der Waals surface area contributed by atoms with Crippen LogP contribution in [0.4, 0.5) is 5.69 Å². The van der Waals surface area contributed by atoms with Crippen LogP contribution in [0.25, 0.3) is 0 Å². The Balaban J connectivity index is 1.56. The van der Waals surface area contributed by atoms with Gasteiger partial charge in [-0.05, 0) is 36.6 Å². The molecule has 0 aliphatic carbocycles. The molecule has 0 radical (unpaired) electrons. The van der Waals surface area contributed by atoms with E-state index in [9.17, 15) is 9.59 Å². The van der Waals surface area contributed by atoms with Crippen LogP contribution in [0.1, 0.15) is 25.3 Å². The zero-order valence-corrected chi connectivity index (χ0v) is 13.3. The number of anilines is 1. The fourth-order valence-electron chi connectivity index (χ4n) is 2.88. The molecule has 2 heterocycles. The molecule has 6 nitrogen and oxygen atoms in total. The molecule has 1 saturated heterocycles. The second-order valence-electron chi connectivity index (χ2n) is 5.90. The Morgan fingerprint density at radius 1 is 1.43 bits per heavy atom. The highest BCUT2D eigenvalue weighted by atomic mass is 16.5. The molecule has 1 atom stereocenters. The molecule has 2 aliphatic heterocycles. The van der Waals surface area contributed by atoms with Crippen LogP contribution in [0.15, 0.2) is 18.2 Å². The Morgan fingerprint density at radius 3 is 3.13 bits per heavy atom. The van der Waals surface area contributed by atoms with Crippen LogP contribution < -0.4 is 10.1 Å². The Kier molecular flexibility index (Phi) is 4.81. The van der Waals surface area contributed by atoms with Gasteiger partial charge in [0, 0.05) is 25.2 Å². The lowest BCUT2D eigenvalue weighted by molar-refractivity contribution is -0.141. The lowest BCUT2D eigenvalue weighted by Gasteiger charge is -2.32. The quantitative estimate of drug-likeness (QED) is 0.915. The largest absolute Gasteiger partial charge is 0.484 e. The Bertz CT molecular complexity index is 602. The van der Waals surface area contributed by atoms with Crippen molar-refractivity contribution < 1.29 is 19.1 Å². The average molecular weight is 318 g/mol. The first-order valence-corrected chi connectivity index (χ1v) is 8.10. The van der Waals surface area contributed by atoms with Gasteiger partial charge in [-0.25, -0.2) is 0 Å². The maximum Gasteiger partial charge on any atom is 0.260 e. The topological polar surface area (TPSA) is 67.9 Å². The number of nitrogens with zero attached hydrogens (tertiary/aromatic N) is 1. The van der Waals surface area contributed by atoms with Gasteiger partial charge in [0.25, 0.3) is 5.91 Å². The molecule has 0 aromatic heterocycles. The minimum absolute atomic E-state index is 0.0160. The molecule has 6 heteroatoms. The SMILES string of the molecule is CC[C@H]1CN(C(=O)COc2ccc3c(c2)CCC(=O)N3)CCO1. The summed E-state index contributed by atoms with van der Waals surface area (Å²) in [6.07, 6.45) is 2.22. The lowest BCUT2D eigenvalue weighted by atomic mass is 10.0. The average Bonchev–Trinajstić information content (AvgIpc) is 2.59. The molecule has 1 aromatic rings. The van der Waals surface area contributed by atoms with E-state index in [1.807, 2.05) is 12.1 Å². The van der Waals surface area contributed by atoms with Crippen LogP contribution in [0.3, 0.4) is 0 Å². The molecule has 3 rings (SSSR count). The molecule has 0 bridgehead atoms. The van der Waals surface area contributed by atoms with E-state index >= 15 is 0 Å². The summed E-state index contributed by atoms with van der Waals surface area (Å²) in [6, 6.07) is 5.51. The third-order valence-corrected chi connectivity index (χ3v) is 4.28. The predicted molar refractivity (Wildman–Crippen MR) is 85.5 cm³/mol. The fourth-order valence-corrected chi connectivity index (χ4v) is 2.88. The number of rotatable bonds is 4. The Morgan fingerprint density at radius 2 is 2.30 bits per heavy atom. The van der Waals surface area contributed by atoms with Gasteiger partial charge in [0.2, 0.25) is 5.91 Å². The molecular formula is C17H22N2O4. The number of ether oxygens (including phenoxy) is 2. The van der Waals surface area contributed by atoms with Crippen LogP contribution in [0, 0.1) is 0 Å². The van der Waals surface area contributed by atoms with Crippen molar-refractivity contribution in [3.05, 3.63) is 23.8 Å². The number of fused-ring (bicyclic) bond motifs is 1. The van der Waals surface area contributed by atoms with Crippen LogP contribution in [-0.4, -0.2) is 49.1 Å². The summed E-state index contributed by atoms with van der Waals surface area (Å²) in [5, 5.41) is 2.83. The zero-order chi connectivity index (χ0) is 16.2. The van der Waals surface area contributed by atoms with Gasteiger partial charge >= 0.3 is 0 Å². The molecular weight excluding hydrogens is 296 g/mol. The Labute approximate surface area is 135 Å². The van der Waals surface area contributed by atoms with Crippen molar-refractivity contribution in [2.45, 2.75) is 32.3 Å². The third-order valence-electron chi connectivity index (χ3n) is 4.28. The second kappa shape index (κ2) is 7.00. The van der Waals surface area contributed by atoms with Crippen molar-refractivity contribution in [2.75, 3.05) is 31.6 Å². The summed E-state index contributed by atoms with van der Waals surface area (Å²) >= 11 is 0. The molecule has 124 valence electrons. The molecule has 1 N–H and O–H groups in total. The van der Waals surface area contributed by atoms with Crippen molar-refractivity contribution in [2.24, 2.45) is 0 Å². The van der Waals surface area contributed by atoms with Crippen molar-refractivity contribution in [1.29, 1.82) is 0 Å². The van der Waals surface area contributed by atoms with E-state index in [4.69, 9.17) is 9.47 Å². The zero-order valence-electron chi connectivity index (χ0n) is 13.3. The molecule has 0 saturated carbocycles. The first-order valence-electron chi connectivity index (χ1n) is 8.10. The first kappa shape index (κ1) is 15.8. The minimum atomic E-state index is -0.0160. The third kappa shape index (κ3) is 3.82. The smallest absolute Gasteiger partial charge is 0.260 e. The van der Waals surface area contributed by atoms with E-state index in [0.717, 1.165) is 17.7 Å². The number of hydrogen-bond acceptors (Lipinski definition) is 4. The van der Waals surface area contributed by atoms with Gasteiger partial charge in [0.1, 0.15) is 5.75 Å². The standard InChI is InChI=1S/C17H22N2O4/c1-2-13-10-19(7-8-22-13)17(21)11-23-14-4-5-15-12(9-14)3-6-16(20)18-15/h4-5,9,13H,2-3,6-8,10-11H2,1H3,(H,18,20)/t13-/m0/s1. The van der Waals surface area contributed by atoms with Crippen LogP contribution in [0.5, 0.6) is 5.75 Å². The van der Waals surface area contributed by atoms with Crippen molar-refractivity contribution in [3.8, 4) is 5.75 Å². The number of carbonyl (C=O) groups excluding carboxylic acids is 2. The number of amides is 2. The summed E-state index contributed by atoms with van der Waals surface area (Å²) in [7, 11) is 0. The Hall–Kier alpha value is -2.08. The van der Waals surface area contributed by atoms with Crippen molar-refractivity contribution in [3.63, 3.8) is 0 Å². The maximum absolute atomic E-state index is 12.3. The number of nitrogens with one attached hydrogen (secondary N) is 1. The highest BCUT2D eigenvalue weighted by molar-refractivity contribution is 5.94. The van der Waals surface area contributed by atoms with E-state index in [1.54, 1.807) is 11.0 Å². The molecule has 1 aromatic carbocycles. The summed E-state index contributed by atoms with van der Waals surface area (Å²) in [4.78, 5) is 25.4. The molecule has 2 amide bonds. The predicted octanol–water partition coefficient (Wildman–Crippen LogP) is 1.59. The molecule has 0 unspecified atom stereocenters. The number of aryl methyl sites for hydroxylation is 1. The number of benzene rings is 1. The van der Waals surface area contributed by atoms with Crippen LogP contribution in [-0.2, 0) is 20.7 Å². The van der Waals surface area contributed by atoms with Gasteiger partial charge < -0.3 is 19.7 Å². The van der Waals surface area contributed by atoms with Gasteiger partial charge in [-0.3, -0.25) is 9.59 Å². The van der Waals surface area contributed by atoms with Gasteiger partial charge in [-0.2, -0.15) is 0 Å². The molecule has 0 spiro atoms. The normalized spacial score (nSPS) is 20.7. The summed E-state index contributed by atoms with van der Waals surface area (Å²) < 4.78 is 11.2. The van der Waals surface area contributed by atoms with E-state index in [-0.39, 0.29) is 24.5 Å². The molecule has 2 aliphatic rings. The molecule has 1 fully saturated rings. The highest BCUT2D eigenvalue weighted by Gasteiger charge is 2.23. The van der Waals surface area contributed by atoms with Gasteiger partial charge in [-0.15, -0.1) is 0 Å². The van der Waals surface area contributed by atoms with Crippen LogP contribution in [0.2, 0.25) is 0 Å². The van der Waals surface area contributed by atoms with E-state index in [1.165, 1.54) is 0 Å². The van der Waals surface area contributed by atoms with Gasteiger partial charge in [0.15, 0.2) is 6.61 Å². The maximum atomic E-state index is 12.3.